The van der Waals surface area contributed by atoms with Gasteiger partial charge in [0.25, 0.3) is 0 Å². The van der Waals surface area contributed by atoms with Crippen LogP contribution in [0.15, 0.2) is 73.1 Å². The molecule has 0 fully saturated rings. The van der Waals surface area contributed by atoms with Crippen molar-refractivity contribution >= 4 is 22.5 Å². The monoisotopic (exact) mass is 300 g/mol. The molecule has 2 aromatic heterocycles. The van der Waals surface area contributed by atoms with Gasteiger partial charge in [-0.15, -0.1) is 0 Å². The quantitative estimate of drug-likeness (QED) is 0.610. The molecular weight excluding hydrogens is 284 g/mol. The molecule has 4 aromatic rings. The van der Waals surface area contributed by atoms with E-state index in [1.807, 2.05) is 36.4 Å². The molecule has 0 unspecified atom stereocenters. The maximum atomic E-state index is 4.67. The van der Waals surface area contributed by atoms with Gasteiger partial charge in [-0.3, -0.25) is 0 Å². The van der Waals surface area contributed by atoms with Gasteiger partial charge in [0.2, 0.25) is 5.95 Å². The average Bonchev–Trinajstić information content (AvgIpc) is 2.94. The van der Waals surface area contributed by atoms with E-state index in [1.54, 1.807) is 6.20 Å². The number of aryl methyl sites for hydroxylation is 1. The summed E-state index contributed by atoms with van der Waals surface area (Å²) in [7, 11) is 2.05. The minimum atomic E-state index is 0.599. The molecule has 23 heavy (non-hydrogen) atoms. The number of nitrogens with one attached hydrogen (secondary N) is 1. The fourth-order valence-electron chi connectivity index (χ4n) is 2.77. The summed E-state index contributed by atoms with van der Waals surface area (Å²) in [6.45, 7) is 0. The van der Waals surface area contributed by atoms with Crippen molar-refractivity contribution < 1.29 is 0 Å². The molecule has 0 aliphatic carbocycles. The van der Waals surface area contributed by atoms with E-state index in [4.69, 9.17) is 0 Å². The van der Waals surface area contributed by atoms with E-state index >= 15 is 0 Å². The van der Waals surface area contributed by atoms with Crippen LogP contribution in [0.1, 0.15) is 0 Å². The van der Waals surface area contributed by atoms with Crippen molar-refractivity contribution in [1.29, 1.82) is 0 Å². The van der Waals surface area contributed by atoms with Gasteiger partial charge in [0, 0.05) is 41.6 Å². The Morgan fingerprint density at radius 1 is 0.913 bits per heavy atom. The van der Waals surface area contributed by atoms with E-state index in [0.29, 0.717) is 5.95 Å². The van der Waals surface area contributed by atoms with E-state index < -0.39 is 0 Å². The van der Waals surface area contributed by atoms with Crippen molar-refractivity contribution in [1.82, 2.24) is 14.5 Å². The van der Waals surface area contributed by atoms with Crippen molar-refractivity contribution in [3.8, 4) is 11.3 Å². The van der Waals surface area contributed by atoms with Gasteiger partial charge in [0.1, 0.15) is 0 Å². The van der Waals surface area contributed by atoms with Crippen molar-refractivity contribution in [3.63, 3.8) is 0 Å². The van der Waals surface area contributed by atoms with Gasteiger partial charge < -0.3 is 9.88 Å². The lowest BCUT2D eigenvalue weighted by molar-refractivity contribution is 0.969. The number of hydrogen-bond acceptors (Lipinski definition) is 3. The largest absolute Gasteiger partial charge is 0.350 e. The summed E-state index contributed by atoms with van der Waals surface area (Å²) >= 11 is 0. The van der Waals surface area contributed by atoms with Crippen molar-refractivity contribution in [2.75, 3.05) is 5.32 Å². The Morgan fingerprint density at radius 3 is 2.57 bits per heavy atom. The Labute approximate surface area is 134 Å². The van der Waals surface area contributed by atoms with Crippen LogP contribution in [0.25, 0.3) is 22.2 Å². The standard InChI is InChI=1S/C19H16N4/c1-23-13-16(15-9-5-6-10-18(15)23)17-11-12-20-19(22-17)21-14-7-3-2-4-8-14/h2-13H,1H3,(H,20,21,22). The molecule has 112 valence electrons. The summed E-state index contributed by atoms with van der Waals surface area (Å²) in [5, 5.41) is 4.43. The molecule has 2 aromatic carbocycles. The molecule has 0 aliphatic heterocycles. The molecular formula is C19H16N4. The van der Waals surface area contributed by atoms with Gasteiger partial charge in [-0.2, -0.15) is 0 Å². The second-order valence-electron chi connectivity index (χ2n) is 5.43. The van der Waals surface area contributed by atoms with Crippen LogP contribution in [0, 0.1) is 0 Å². The number of nitrogens with zero attached hydrogens (tertiary/aromatic N) is 3. The molecule has 0 saturated carbocycles. The number of anilines is 2. The average molecular weight is 300 g/mol. The first kappa shape index (κ1) is 13.5. The van der Waals surface area contributed by atoms with Crippen LogP contribution < -0.4 is 5.32 Å². The zero-order valence-electron chi connectivity index (χ0n) is 12.8. The Kier molecular flexibility index (Phi) is 3.27. The van der Waals surface area contributed by atoms with Gasteiger partial charge >= 0.3 is 0 Å². The third kappa shape index (κ3) is 2.55. The third-order valence-electron chi connectivity index (χ3n) is 3.86. The zero-order chi connectivity index (χ0) is 15.6. The van der Waals surface area contributed by atoms with E-state index in [1.165, 1.54) is 10.9 Å². The highest BCUT2D eigenvalue weighted by Crippen LogP contribution is 2.29. The lowest BCUT2D eigenvalue weighted by Crippen LogP contribution is -1.97. The number of rotatable bonds is 3. The summed E-state index contributed by atoms with van der Waals surface area (Å²) in [6.07, 6.45) is 3.90. The van der Waals surface area contributed by atoms with Gasteiger partial charge in [-0.25, -0.2) is 9.97 Å². The second-order valence-corrected chi connectivity index (χ2v) is 5.43. The highest BCUT2D eigenvalue weighted by Gasteiger charge is 2.10. The SMILES string of the molecule is Cn1cc(-c2ccnc(Nc3ccccc3)n2)c2ccccc21. The summed E-state index contributed by atoms with van der Waals surface area (Å²) in [6, 6.07) is 20.2. The van der Waals surface area contributed by atoms with Crippen LogP contribution in [0.5, 0.6) is 0 Å². The second kappa shape index (κ2) is 5.57. The molecule has 0 aliphatic rings. The summed E-state index contributed by atoms with van der Waals surface area (Å²) < 4.78 is 2.12. The molecule has 4 heteroatoms. The maximum absolute atomic E-state index is 4.67. The Hall–Kier alpha value is -3.14. The van der Waals surface area contributed by atoms with Gasteiger partial charge in [-0.05, 0) is 24.3 Å². The number of hydrogen-bond donors (Lipinski definition) is 1. The van der Waals surface area contributed by atoms with E-state index in [0.717, 1.165) is 16.9 Å². The highest BCUT2D eigenvalue weighted by atomic mass is 15.1. The zero-order valence-corrected chi connectivity index (χ0v) is 12.8. The van der Waals surface area contributed by atoms with E-state index in [-0.39, 0.29) is 0 Å². The fraction of sp³-hybridized carbons (Fsp3) is 0.0526. The van der Waals surface area contributed by atoms with Crippen LogP contribution in [-0.2, 0) is 7.05 Å². The Bertz CT molecular complexity index is 957. The molecule has 1 N–H and O–H groups in total. The number of aromatic nitrogens is 3. The topological polar surface area (TPSA) is 42.7 Å². The lowest BCUT2D eigenvalue weighted by Gasteiger charge is -2.06. The summed E-state index contributed by atoms with van der Waals surface area (Å²) in [5.41, 5.74) is 4.19. The van der Waals surface area contributed by atoms with Crippen molar-refractivity contribution in [3.05, 3.63) is 73.1 Å². The molecule has 0 amide bonds. The number of para-hydroxylation sites is 2. The molecule has 2 heterocycles. The number of fused-ring (bicyclic) bond motifs is 1. The minimum Gasteiger partial charge on any atom is -0.350 e. The van der Waals surface area contributed by atoms with E-state index in [2.05, 4.69) is 57.4 Å². The van der Waals surface area contributed by atoms with Gasteiger partial charge in [0.05, 0.1) is 5.69 Å². The lowest BCUT2D eigenvalue weighted by atomic mass is 10.1. The predicted molar refractivity (Wildman–Crippen MR) is 93.7 cm³/mol. The first-order valence-corrected chi connectivity index (χ1v) is 7.51. The molecule has 0 spiro atoms. The third-order valence-corrected chi connectivity index (χ3v) is 3.86. The molecule has 0 bridgehead atoms. The van der Waals surface area contributed by atoms with Gasteiger partial charge in [0.15, 0.2) is 0 Å². The Morgan fingerprint density at radius 2 is 1.70 bits per heavy atom. The normalized spacial score (nSPS) is 10.8. The smallest absolute Gasteiger partial charge is 0.227 e. The van der Waals surface area contributed by atoms with Crippen molar-refractivity contribution in [2.45, 2.75) is 0 Å². The van der Waals surface area contributed by atoms with Crippen LogP contribution in [0.2, 0.25) is 0 Å². The summed E-state index contributed by atoms with van der Waals surface area (Å²) in [5.74, 6) is 0.599. The molecule has 0 saturated heterocycles. The molecule has 4 nitrogen and oxygen atoms in total. The fourth-order valence-corrected chi connectivity index (χ4v) is 2.77. The number of benzene rings is 2. The first-order chi connectivity index (χ1) is 11.3. The van der Waals surface area contributed by atoms with Gasteiger partial charge in [-0.1, -0.05) is 36.4 Å². The first-order valence-electron chi connectivity index (χ1n) is 7.51. The molecule has 0 radical (unpaired) electrons. The van der Waals surface area contributed by atoms with Crippen molar-refractivity contribution in [2.24, 2.45) is 7.05 Å². The minimum absolute atomic E-state index is 0.599. The van der Waals surface area contributed by atoms with Crippen LogP contribution >= 0.6 is 0 Å². The van der Waals surface area contributed by atoms with E-state index in [9.17, 15) is 0 Å². The Balaban J connectivity index is 1.76. The summed E-state index contributed by atoms with van der Waals surface area (Å²) in [4.78, 5) is 8.98. The predicted octanol–water partition coefficient (Wildman–Crippen LogP) is 4.38. The highest BCUT2D eigenvalue weighted by molar-refractivity contribution is 5.95. The van der Waals surface area contributed by atoms with Crippen LogP contribution in [-0.4, -0.2) is 14.5 Å². The van der Waals surface area contributed by atoms with Crippen LogP contribution in [0.3, 0.4) is 0 Å². The molecule has 0 atom stereocenters. The molecule has 4 rings (SSSR count). The maximum Gasteiger partial charge on any atom is 0.227 e. The van der Waals surface area contributed by atoms with Crippen LogP contribution in [0.4, 0.5) is 11.6 Å².